The number of hydrogen-bond acceptors (Lipinski definition) is 5. The van der Waals surface area contributed by atoms with Gasteiger partial charge < -0.3 is 14.5 Å². The molecule has 1 aromatic heterocycles. The number of H-pyrrole nitrogens is 1. The summed E-state index contributed by atoms with van der Waals surface area (Å²) in [7, 11) is 0. The Morgan fingerprint density at radius 1 is 1.15 bits per heavy atom. The largest absolute Gasteiger partial charge is 0.486 e. The highest BCUT2D eigenvalue weighted by atomic mass is 19.4. The standard InChI is InChI=1S/C24H25F3N2O4/c1-4-6-11-32-23(31)15-7-9-16(10-8-15)33-21(5-2)17-12-18-20(13-19(17)24(25,26)27)28-14(3)29-22(18)30/h7-10,12-13,21H,4-6,11H2,1-3H3,(H,28,29,30)/t21-/m0/s1. The minimum atomic E-state index is -4.66. The molecule has 0 aliphatic carbocycles. The molecule has 1 atom stereocenters. The van der Waals surface area contributed by atoms with E-state index in [1.165, 1.54) is 37.3 Å². The fraction of sp³-hybridized carbons (Fsp3) is 0.375. The van der Waals surface area contributed by atoms with Crippen LogP contribution in [-0.2, 0) is 10.9 Å². The van der Waals surface area contributed by atoms with Gasteiger partial charge in [-0.1, -0.05) is 20.3 Å². The van der Waals surface area contributed by atoms with Crippen molar-refractivity contribution >= 4 is 16.9 Å². The highest BCUT2D eigenvalue weighted by molar-refractivity contribution is 5.89. The van der Waals surface area contributed by atoms with Crippen molar-refractivity contribution in [3.05, 3.63) is 69.3 Å². The zero-order valence-electron chi connectivity index (χ0n) is 18.6. The molecule has 0 amide bonds. The summed E-state index contributed by atoms with van der Waals surface area (Å²) in [5.74, 6) is 0.0408. The number of hydrogen-bond donors (Lipinski definition) is 1. The molecule has 0 aliphatic heterocycles. The van der Waals surface area contributed by atoms with Crippen LogP contribution in [0.2, 0.25) is 0 Å². The van der Waals surface area contributed by atoms with E-state index in [0.29, 0.717) is 12.2 Å². The molecule has 0 aliphatic rings. The van der Waals surface area contributed by atoms with Crippen LogP contribution in [0.15, 0.2) is 41.2 Å². The molecule has 2 aromatic carbocycles. The lowest BCUT2D eigenvalue weighted by Gasteiger charge is -2.22. The topological polar surface area (TPSA) is 81.3 Å². The van der Waals surface area contributed by atoms with Gasteiger partial charge in [-0.25, -0.2) is 9.78 Å². The molecule has 6 nitrogen and oxygen atoms in total. The molecule has 3 aromatic rings. The Hall–Kier alpha value is -3.36. The first-order valence-corrected chi connectivity index (χ1v) is 10.7. The maximum absolute atomic E-state index is 13.9. The molecular weight excluding hydrogens is 437 g/mol. The minimum Gasteiger partial charge on any atom is -0.486 e. The smallest absolute Gasteiger partial charge is 0.416 e. The van der Waals surface area contributed by atoms with Gasteiger partial charge in [0.2, 0.25) is 0 Å². The molecule has 0 radical (unpaired) electrons. The second-order valence-corrected chi connectivity index (χ2v) is 7.63. The number of unbranched alkanes of at least 4 members (excludes halogenated alkanes) is 1. The summed E-state index contributed by atoms with van der Waals surface area (Å²) >= 11 is 0. The summed E-state index contributed by atoms with van der Waals surface area (Å²) < 4.78 is 52.6. The molecule has 0 saturated heterocycles. The quantitative estimate of drug-likeness (QED) is 0.341. The van der Waals surface area contributed by atoms with Crippen LogP contribution in [0.1, 0.15) is 66.5 Å². The van der Waals surface area contributed by atoms with Gasteiger partial charge in [-0.3, -0.25) is 4.79 Å². The van der Waals surface area contributed by atoms with Crippen molar-refractivity contribution in [3.63, 3.8) is 0 Å². The maximum Gasteiger partial charge on any atom is 0.416 e. The molecule has 0 unspecified atom stereocenters. The Balaban J connectivity index is 1.93. The van der Waals surface area contributed by atoms with E-state index in [1.807, 2.05) is 6.92 Å². The van der Waals surface area contributed by atoms with Gasteiger partial charge in [0.15, 0.2) is 0 Å². The molecular formula is C24H25F3N2O4. The van der Waals surface area contributed by atoms with Crippen molar-refractivity contribution in [1.82, 2.24) is 9.97 Å². The third-order valence-corrected chi connectivity index (χ3v) is 5.12. The van der Waals surface area contributed by atoms with Crippen LogP contribution >= 0.6 is 0 Å². The van der Waals surface area contributed by atoms with Gasteiger partial charge >= 0.3 is 12.1 Å². The molecule has 0 spiro atoms. The normalized spacial score (nSPS) is 12.5. The van der Waals surface area contributed by atoms with E-state index in [-0.39, 0.29) is 34.5 Å². The lowest BCUT2D eigenvalue weighted by atomic mass is 9.97. The second kappa shape index (κ2) is 10.1. The summed E-state index contributed by atoms with van der Waals surface area (Å²) in [6.45, 7) is 5.49. The van der Waals surface area contributed by atoms with Crippen LogP contribution in [0.4, 0.5) is 13.2 Å². The number of carbonyl (C=O) groups is 1. The van der Waals surface area contributed by atoms with Crippen molar-refractivity contribution < 1.29 is 27.4 Å². The summed E-state index contributed by atoms with van der Waals surface area (Å²) in [6, 6.07) is 8.08. The molecule has 0 bridgehead atoms. The van der Waals surface area contributed by atoms with Gasteiger partial charge in [0, 0.05) is 5.56 Å². The zero-order chi connectivity index (χ0) is 24.2. The maximum atomic E-state index is 13.9. The predicted octanol–water partition coefficient (Wildman–Crippen LogP) is 5.74. The van der Waals surface area contributed by atoms with Crippen molar-refractivity contribution in [3.8, 4) is 5.75 Å². The van der Waals surface area contributed by atoms with E-state index in [4.69, 9.17) is 9.47 Å². The number of alkyl halides is 3. The average Bonchev–Trinajstić information content (AvgIpc) is 2.76. The van der Waals surface area contributed by atoms with Gasteiger partial charge in [-0.15, -0.1) is 0 Å². The van der Waals surface area contributed by atoms with E-state index in [1.54, 1.807) is 6.92 Å². The number of benzene rings is 2. The number of nitrogens with one attached hydrogen (secondary N) is 1. The summed E-state index contributed by atoms with van der Waals surface area (Å²) in [5, 5.41) is 0.0517. The minimum absolute atomic E-state index is 0.0342. The number of nitrogens with zero attached hydrogens (tertiary/aromatic N) is 1. The molecule has 176 valence electrons. The number of aryl methyl sites for hydroxylation is 1. The van der Waals surface area contributed by atoms with E-state index in [9.17, 15) is 22.8 Å². The van der Waals surface area contributed by atoms with Crippen molar-refractivity contribution in [1.29, 1.82) is 0 Å². The first kappa shape index (κ1) is 24.3. The fourth-order valence-corrected chi connectivity index (χ4v) is 3.42. The predicted molar refractivity (Wildman–Crippen MR) is 117 cm³/mol. The number of fused-ring (bicyclic) bond motifs is 1. The number of rotatable bonds is 8. The van der Waals surface area contributed by atoms with E-state index in [0.717, 1.165) is 18.9 Å². The van der Waals surface area contributed by atoms with Crippen LogP contribution in [0.25, 0.3) is 10.9 Å². The number of aromatic amines is 1. The summed E-state index contributed by atoms with van der Waals surface area (Å²) in [5.41, 5.74) is -1.30. The van der Waals surface area contributed by atoms with E-state index >= 15 is 0 Å². The molecule has 3 rings (SSSR count). The lowest BCUT2D eigenvalue weighted by molar-refractivity contribution is -0.139. The SMILES string of the molecule is CCCCOC(=O)c1ccc(O[C@@H](CC)c2cc3c(=O)[nH]c(C)nc3cc2C(F)(F)F)cc1. The first-order chi connectivity index (χ1) is 15.6. The molecule has 9 heteroatoms. The average molecular weight is 462 g/mol. The van der Waals surface area contributed by atoms with Crippen LogP contribution in [-0.4, -0.2) is 22.5 Å². The number of ether oxygens (including phenoxy) is 2. The molecule has 33 heavy (non-hydrogen) atoms. The van der Waals surface area contributed by atoms with Gasteiger partial charge in [0.1, 0.15) is 17.7 Å². The molecule has 1 N–H and O–H groups in total. The van der Waals surface area contributed by atoms with Crippen molar-refractivity contribution in [2.45, 2.75) is 52.3 Å². The van der Waals surface area contributed by atoms with Gasteiger partial charge in [0.25, 0.3) is 5.56 Å². The molecule has 1 heterocycles. The second-order valence-electron chi connectivity index (χ2n) is 7.63. The lowest BCUT2D eigenvalue weighted by Crippen LogP contribution is -2.18. The first-order valence-electron chi connectivity index (χ1n) is 10.7. The van der Waals surface area contributed by atoms with Crippen molar-refractivity contribution in [2.24, 2.45) is 0 Å². The zero-order valence-corrected chi connectivity index (χ0v) is 18.6. The van der Waals surface area contributed by atoms with Crippen LogP contribution < -0.4 is 10.3 Å². The van der Waals surface area contributed by atoms with Gasteiger partial charge in [-0.05, 0) is 56.2 Å². The Kier molecular flexibility index (Phi) is 7.40. The van der Waals surface area contributed by atoms with E-state index in [2.05, 4.69) is 9.97 Å². The van der Waals surface area contributed by atoms with Gasteiger partial charge in [0.05, 0.1) is 28.6 Å². The number of halogens is 3. The van der Waals surface area contributed by atoms with Gasteiger partial charge in [-0.2, -0.15) is 13.2 Å². The van der Waals surface area contributed by atoms with Crippen LogP contribution in [0, 0.1) is 6.92 Å². The van der Waals surface area contributed by atoms with Crippen molar-refractivity contribution in [2.75, 3.05) is 6.61 Å². The summed E-state index contributed by atoms with van der Waals surface area (Å²) in [6.07, 6.45) is -3.77. The third-order valence-electron chi connectivity index (χ3n) is 5.12. The van der Waals surface area contributed by atoms with Crippen LogP contribution in [0.5, 0.6) is 5.75 Å². The Morgan fingerprint density at radius 3 is 2.45 bits per heavy atom. The third kappa shape index (κ3) is 5.71. The molecule has 0 fully saturated rings. The van der Waals surface area contributed by atoms with E-state index < -0.39 is 29.4 Å². The Bertz CT molecular complexity index is 1190. The van der Waals surface area contributed by atoms with Crippen LogP contribution in [0.3, 0.4) is 0 Å². The Morgan fingerprint density at radius 2 is 1.85 bits per heavy atom. The monoisotopic (exact) mass is 462 g/mol. The molecule has 0 saturated carbocycles. The number of esters is 1. The fourth-order valence-electron chi connectivity index (χ4n) is 3.42. The highest BCUT2D eigenvalue weighted by Gasteiger charge is 2.36. The number of carbonyl (C=O) groups excluding carboxylic acids is 1. The summed E-state index contributed by atoms with van der Waals surface area (Å²) in [4.78, 5) is 30.9. The number of aromatic nitrogens is 2. The highest BCUT2D eigenvalue weighted by Crippen LogP contribution is 2.38. The Labute approximate surface area is 188 Å².